The summed E-state index contributed by atoms with van der Waals surface area (Å²) >= 11 is 0. The van der Waals surface area contributed by atoms with E-state index in [1.165, 1.54) is 4.90 Å². The molecule has 0 aliphatic carbocycles. The maximum Gasteiger partial charge on any atom is 0.469 e. The molecule has 4 atom stereocenters. The molecule has 1 aliphatic heterocycles. The topological polar surface area (TPSA) is 261 Å². The normalized spacial score (nSPS) is 18.4. The average Bonchev–Trinajstić information content (AvgIpc) is 3.30. The van der Waals surface area contributed by atoms with Gasteiger partial charge in [0.25, 0.3) is 0 Å². The molecular weight excluding hydrogens is 499 g/mol. The first-order valence-corrected chi connectivity index (χ1v) is 13.4. The zero-order chi connectivity index (χ0) is 27.3. The van der Waals surface area contributed by atoms with Gasteiger partial charge in [0.05, 0.1) is 12.6 Å². The summed E-state index contributed by atoms with van der Waals surface area (Å²) in [7, 11) is -4.96. The van der Waals surface area contributed by atoms with Crippen LogP contribution in [0.1, 0.15) is 51.4 Å². The van der Waals surface area contributed by atoms with Gasteiger partial charge >= 0.3 is 13.8 Å². The number of rotatable bonds is 17. The van der Waals surface area contributed by atoms with E-state index in [1.54, 1.807) is 0 Å². The van der Waals surface area contributed by atoms with Gasteiger partial charge < -0.3 is 47.6 Å². The van der Waals surface area contributed by atoms with Crippen LogP contribution in [0.25, 0.3) is 0 Å². The Kier molecular flexibility index (Phi) is 14.1. The van der Waals surface area contributed by atoms with Crippen molar-refractivity contribution in [3.8, 4) is 0 Å². The van der Waals surface area contributed by atoms with Crippen LogP contribution in [0, 0.1) is 0 Å². The van der Waals surface area contributed by atoms with E-state index in [0.29, 0.717) is 51.6 Å². The second kappa shape index (κ2) is 15.9. The second-order valence-electron chi connectivity index (χ2n) is 8.61. The lowest BCUT2D eigenvalue weighted by Gasteiger charge is -2.30. The summed E-state index contributed by atoms with van der Waals surface area (Å²) in [5.74, 6) is -3.39. The average molecular weight is 539 g/mol. The van der Waals surface area contributed by atoms with Crippen LogP contribution in [0.3, 0.4) is 0 Å². The third-order valence-corrected chi connectivity index (χ3v) is 6.22. The quantitative estimate of drug-likeness (QED) is 0.0720. The number of carbonyl (C=O) groups excluding carboxylic acids is 3. The maximum atomic E-state index is 13.3. The molecule has 0 aromatic carbocycles. The van der Waals surface area contributed by atoms with Gasteiger partial charge in [-0.2, -0.15) is 0 Å². The number of carboxylic acid groups (broad SMARTS) is 1. The Morgan fingerprint density at radius 3 is 2.17 bits per heavy atom. The Balaban J connectivity index is 2.91. The summed E-state index contributed by atoms with van der Waals surface area (Å²) in [6, 6.07) is -4.55. The van der Waals surface area contributed by atoms with Crippen LogP contribution in [0.5, 0.6) is 0 Å². The molecule has 0 aromatic heterocycles. The molecule has 208 valence electrons. The fourth-order valence-corrected chi connectivity index (χ4v) is 4.13. The molecule has 1 saturated heterocycles. The van der Waals surface area contributed by atoms with E-state index in [0.717, 1.165) is 0 Å². The van der Waals surface area contributed by atoms with Crippen LogP contribution >= 0.6 is 7.82 Å². The van der Waals surface area contributed by atoms with Crippen LogP contribution in [0.4, 0.5) is 0 Å². The monoisotopic (exact) mass is 538 g/mol. The summed E-state index contributed by atoms with van der Waals surface area (Å²) in [6.07, 6.45) is 3.90. The first-order valence-electron chi connectivity index (χ1n) is 11.9. The predicted molar refractivity (Wildman–Crippen MR) is 128 cm³/mol. The molecule has 16 heteroatoms. The molecule has 0 saturated carbocycles. The number of aliphatic carboxylic acids is 1. The number of nitrogens with zero attached hydrogens (tertiary/aromatic N) is 1. The molecule has 1 heterocycles. The van der Waals surface area contributed by atoms with Gasteiger partial charge in [0.15, 0.2) is 6.04 Å². The van der Waals surface area contributed by atoms with E-state index in [4.69, 9.17) is 27.0 Å². The fraction of sp³-hybridized carbons (Fsp3) is 0.800. The summed E-state index contributed by atoms with van der Waals surface area (Å²) in [5.41, 5.74) is 16.9. The molecule has 0 aromatic rings. The number of nitrogens with one attached hydrogen (secondary N) is 2. The van der Waals surface area contributed by atoms with Gasteiger partial charge in [-0.3, -0.25) is 18.9 Å². The van der Waals surface area contributed by atoms with Crippen LogP contribution < -0.4 is 27.8 Å². The van der Waals surface area contributed by atoms with Crippen molar-refractivity contribution in [2.24, 2.45) is 17.2 Å². The molecule has 1 fully saturated rings. The van der Waals surface area contributed by atoms with Crippen LogP contribution in [-0.2, 0) is 28.3 Å². The summed E-state index contributed by atoms with van der Waals surface area (Å²) in [6.45, 7) is 0.113. The number of carboxylic acids is 1. The number of unbranched alkanes of at least 4 members (excludes halogenated alkanes) is 2. The number of nitrogens with two attached hydrogens (primary N) is 3. The third-order valence-electron chi connectivity index (χ3n) is 5.73. The van der Waals surface area contributed by atoms with Gasteiger partial charge in [-0.1, -0.05) is 6.42 Å². The van der Waals surface area contributed by atoms with Crippen LogP contribution in [-0.4, -0.2) is 93.9 Å². The minimum absolute atomic E-state index is 0.208. The molecule has 3 amide bonds. The summed E-state index contributed by atoms with van der Waals surface area (Å²) in [4.78, 5) is 69.0. The van der Waals surface area contributed by atoms with Gasteiger partial charge in [0, 0.05) is 6.54 Å². The van der Waals surface area contributed by atoms with Gasteiger partial charge in [-0.05, 0) is 58.0 Å². The molecule has 0 radical (unpaired) electrons. The van der Waals surface area contributed by atoms with E-state index in [2.05, 4.69) is 15.2 Å². The Morgan fingerprint density at radius 1 is 1.00 bits per heavy atom. The minimum atomic E-state index is -4.96. The highest BCUT2D eigenvalue weighted by Gasteiger charge is 2.39. The van der Waals surface area contributed by atoms with Crippen molar-refractivity contribution in [2.75, 3.05) is 26.2 Å². The molecular formula is C20H39N6O9P. The van der Waals surface area contributed by atoms with Crippen molar-refractivity contribution in [1.82, 2.24) is 15.5 Å². The second-order valence-corrected chi connectivity index (χ2v) is 9.85. The molecule has 11 N–H and O–H groups in total. The van der Waals surface area contributed by atoms with Crippen molar-refractivity contribution in [3.63, 3.8) is 0 Å². The molecule has 0 spiro atoms. The molecule has 15 nitrogen and oxygen atoms in total. The van der Waals surface area contributed by atoms with E-state index >= 15 is 0 Å². The van der Waals surface area contributed by atoms with E-state index in [-0.39, 0.29) is 19.4 Å². The predicted octanol–water partition coefficient (Wildman–Crippen LogP) is -2.27. The smallest absolute Gasteiger partial charge is 0.469 e. The number of phosphoric acid groups is 1. The first-order chi connectivity index (χ1) is 16.9. The zero-order valence-electron chi connectivity index (χ0n) is 20.2. The number of phosphoric ester groups is 1. The highest BCUT2D eigenvalue weighted by molar-refractivity contribution is 7.46. The standard InChI is InChI=1S/C20H39N6O9P/c21-9-3-1-6-13(23)17(27)24-14(7-2-4-10-22)19(29)26-11-5-8-16(26)18(28)25-15(20(30)31)12-35-36(32,33)34/h13-16H,1-12,21-23H2,(H,24,27)(H,25,28)(H,30,31)(H2,32,33,34)/t13-,14-,15-,16-/m0/s1. The van der Waals surface area contributed by atoms with Gasteiger partial charge in [-0.15, -0.1) is 0 Å². The number of likely N-dealkylation sites (tertiary alicyclic amines) is 1. The number of hydrogen-bond donors (Lipinski definition) is 8. The van der Waals surface area contributed by atoms with Crippen LogP contribution in [0.2, 0.25) is 0 Å². The highest BCUT2D eigenvalue weighted by Crippen LogP contribution is 2.35. The van der Waals surface area contributed by atoms with E-state index in [1.807, 2.05) is 0 Å². The Morgan fingerprint density at radius 2 is 1.61 bits per heavy atom. The third kappa shape index (κ3) is 11.3. The Labute approximate surface area is 209 Å². The Bertz CT molecular complexity index is 796. The first kappa shape index (κ1) is 31.9. The van der Waals surface area contributed by atoms with Crippen molar-refractivity contribution in [2.45, 2.75) is 75.5 Å². The van der Waals surface area contributed by atoms with Gasteiger partial charge in [0.1, 0.15) is 12.1 Å². The Hall–Kier alpha value is -2.13. The largest absolute Gasteiger partial charge is 0.480 e. The lowest BCUT2D eigenvalue weighted by Crippen LogP contribution is -2.57. The molecule has 1 aliphatic rings. The lowest BCUT2D eigenvalue weighted by atomic mass is 10.0. The highest BCUT2D eigenvalue weighted by atomic mass is 31.2. The van der Waals surface area contributed by atoms with Crippen molar-refractivity contribution in [3.05, 3.63) is 0 Å². The lowest BCUT2D eigenvalue weighted by molar-refractivity contribution is -0.145. The molecule has 1 rings (SSSR count). The summed E-state index contributed by atoms with van der Waals surface area (Å²) in [5, 5.41) is 14.1. The van der Waals surface area contributed by atoms with Gasteiger partial charge in [-0.25, -0.2) is 9.36 Å². The van der Waals surface area contributed by atoms with Crippen molar-refractivity contribution in [1.29, 1.82) is 0 Å². The molecule has 0 bridgehead atoms. The number of carbonyl (C=O) groups is 4. The number of amides is 3. The fourth-order valence-electron chi connectivity index (χ4n) is 3.79. The maximum absolute atomic E-state index is 13.3. The summed E-state index contributed by atoms with van der Waals surface area (Å²) < 4.78 is 15.1. The van der Waals surface area contributed by atoms with Crippen LogP contribution in [0.15, 0.2) is 0 Å². The molecule has 36 heavy (non-hydrogen) atoms. The van der Waals surface area contributed by atoms with E-state index < -0.39 is 62.3 Å². The SMILES string of the molecule is NCCCC[C@H](NC(=O)[C@@H](N)CCCCN)C(=O)N1CCC[C@H]1C(=O)N[C@@H](COP(=O)(O)O)C(=O)O. The van der Waals surface area contributed by atoms with Crippen molar-refractivity contribution >= 4 is 31.5 Å². The minimum Gasteiger partial charge on any atom is -0.480 e. The van der Waals surface area contributed by atoms with E-state index in [9.17, 15) is 28.8 Å². The number of hydrogen-bond acceptors (Lipinski definition) is 9. The molecule has 0 unspecified atom stereocenters. The zero-order valence-corrected chi connectivity index (χ0v) is 21.1. The van der Waals surface area contributed by atoms with Crippen molar-refractivity contribution < 1.29 is 43.2 Å². The van der Waals surface area contributed by atoms with Gasteiger partial charge in [0.2, 0.25) is 17.7 Å².